The van der Waals surface area contributed by atoms with E-state index in [1.54, 1.807) is 0 Å². The molecular weight excluding hydrogens is 238 g/mol. The standard InChI is InChI=1S/C16H25NO2/c1-14(2)13-17(11-6-9-16(18)19)12-10-15-7-4-3-5-8-15/h3-5,7-8,14H,6,9-13H2,1-2H3,(H,18,19). The van der Waals surface area contributed by atoms with Gasteiger partial charge in [-0.2, -0.15) is 0 Å². The van der Waals surface area contributed by atoms with Crippen LogP contribution in [0.5, 0.6) is 0 Å². The van der Waals surface area contributed by atoms with Gasteiger partial charge in [0, 0.05) is 19.5 Å². The summed E-state index contributed by atoms with van der Waals surface area (Å²) in [7, 11) is 0. The maximum Gasteiger partial charge on any atom is 0.303 e. The van der Waals surface area contributed by atoms with Crippen LogP contribution in [0.15, 0.2) is 30.3 Å². The van der Waals surface area contributed by atoms with Gasteiger partial charge in [0.15, 0.2) is 0 Å². The minimum Gasteiger partial charge on any atom is -0.481 e. The van der Waals surface area contributed by atoms with E-state index in [4.69, 9.17) is 5.11 Å². The fourth-order valence-electron chi connectivity index (χ4n) is 2.20. The number of nitrogens with zero attached hydrogens (tertiary/aromatic N) is 1. The van der Waals surface area contributed by atoms with Crippen LogP contribution in [0.3, 0.4) is 0 Å². The average Bonchev–Trinajstić information content (AvgIpc) is 2.36. The second kappa shape index (κ2) is 8.70. The van der Waals surface area contributed by atoms with Gasteiger partial charge < -0.3 is 10.0 Å². The first-order valence-electron chi connectivity index (χ1n) is 7.06. The number of carboxylic acid groups (broad SMARTS) is 1. The molecule has 3 nitrogen and oxygen atoms in total. The molecule has 0 aliphatic carbocycles. The van der Waals surface area contributed by atoms with Crippen molar-refractivity contribution in [2.75, 3.05) is 19.6 Å². The van der Waals surface area contributed by atoms with Crippen molar-refractivity contribution >= 4 is 5.97 Å². The molecule has 19 heavy (non-hydrogen) atoms. The summed E-state index contributed by atoms with van der Waals surface area (Å²) in [5, 5.41) is 8.70. The lowest BCUT2D eigenvalue weighted by Gasteiger charge is -2.24. The van der Waals surface area contributed by atoms with Gasteiger partial charge in [-0.3, -0.25) is 4.79 Å². The zero-order valence-corrected chi connectivity index (χ0v) is 12.0. The first-order valence-corrected chi connectivity index (χ1v) is 7.06. The van der Waals surface area contributed by atoms with E-state index in [1.807, 2.05) is 6.07 Å². The molecule has 1 aromatic carbocycles. The number of carboxylic acids is 1. The maximum absolute atomic E-state index is 10.6. The number of aliphatic carboxylic acids is 1. The van der Waals surface area contributed by atoms with Crippen molar-refractivity contribution in [3.05, 3.63) is 35.9 Å². The van der Waals surface area contributed by atoms with Crippen LogP contribution in [0, 0.1) is 5.92 Å². The third-order valence-electron chi connectivity index (χ3n) is 3.05. The molecule has 0 bridgehead atoms. The van der Waals surface area contributed by atoms with Gasteiger partial charge in [0.25, 0.3) is 0 Å². The number of rotatable bonds is 9. The number of benzene rings is 1. The minimum absolute atomic E-state index is 0.264. The Balaban J connectivity index is 2.38. The number of carbonyl (C=O) groups is 1. The van der Waals surface area contributed by atoms with E-state index in [-0.39, 0.29) is 6.42 Å². The molecule has 0 heterocycles. The fourth-order valence-corrected chi connectivity index (χ4v) is 2.20. The van der Waals surface area contributed by atoms with Crippen molar-refractivity contribution in [1.82, 2.24) is 4.90 Å². The van der Waals surface area contributed by atoms with Crippen LogP contribution in [-0.4, -0.2) is 35.6 Å². The lowest BCUT2D eigenvalue weighted by Crippen LogP contribution is -2.31. The monoisotopic (exact) mass is 263 g/mol. The van der Waals surface area contributed by atoms with Crippen LogP contribution in [0.25, 0.3) is 0 Å². The molecule has 0 aliphatic heterocycles. The second-order valence-corrected chi connectivity index (χ2v) is 5.43. The summed E-state index contributed by atoms with van der Waals surface area (Å²) in [4.78, 5) is 12.9. The van der Waals surface area contributed by atoms with Crippen molar-refractivity contribution in [3.63, 3.8) is 0 Å². The Morgan fingerprint density at radius 2 is 1.89 bits per heavy atom. The highest BCUT2D eigenvalue weighted by atomic mass is 16.4. The number of hydrogen-bond donors (Lipinski definition) is 1. The Kier molecular flexibility index (Phi) is 7.19. The van der Waals surface area contributed by atoms with E-state index in [0.717, 1.165) is 32.5 Å². The lowest BCUT2D eigenvalue weighted by molar-refractivity contribution is -0.137. The van der Waals surface area contributed by atoms with Crippen molar-refractivity contribution in [1.29, 1.82) is 0 Å². The van der Waals surface area contributed by atoms with E-state index in [9.17, 15) is 4.79 Å². The summed E-state index contributed by atoms with van der Waals surface area (Å²) < 4.78 is 0. The van der Waals surface area contributed by atoms with Gasteiger partial charge >= 0.3 is 5.97 Å². The van der Waals surface area contributed by atoms with Crippen LogP contribution in [0.2, 0.25) is 0 Å². The van der Waals surface area contributed by atoms with Gasteiger partial charge in [-0.05, 0) is 30.9 Å². The molecule has 0 atom stereocenters. The van der Waals surface area contributed by atoms with E-state index >= 15 is 0 Å². The number of hydrogen-bond acceptors (Lipinski definition) is 2. The van der Waals surface area contributed by atoms with Gasteiger partial charge in [0.2, 0.25) is 0 Å². The molecule has 0 aliphatic rings. The van der Waals surface area contributed by atoms with Crippen molar-refractivity contribution in [2.24, 2.45) is 5.92 Å². The first-order chi connectivity index (χ1) is 9.08. The SMILES string of the molecule is CC(C)CN(CCCC(=O)O)CCc1ccccc1. The Morgan fingerprint density at radius 3 is 2.47 bits per heavy atom. The quantitative estimate of drug-likeness (QED) is 0.744. The van der Waals surface area contributed by atoms with Crippen molar-refractivity contribution < 1.29 is 9.90 Å². The summed E-state index contributed by atoms with van der Waals surface area (Å²) in [5.74, 6) is -0.0897. The van der Waals surface area contributed by atoms with Gasteiger partial charge in [-0.25, -0.2) is 0 Å². The first kappa shape index (κ1) is 15.7. The van der Waals surface area contributed by atoms with Crippen LogP contribution in [0.4, 0.5) is 0 Å². The van der Waals surface area contributed by atoms with Crippen LogP contribution >= 0.6 is 0 Å². The molecular formula is C16H25NO2. The summed E-state index contributed by atoms with van der Waals surface area (Å²) in [5.41, 5.74) is 1.34. The van der Waals surface area contributed by atoms with Gasteiger partial charge in [0.05, 0.1) is 0 Å². The zero-order valence-electron chi connectivity index (χ0n) is 12.0. The highest BCUT2D eigenvalue weighted by molar-refractivity contribution is 5.66. The molecule has 0 radical (unpaired) electrons. The van der Waals surface area contributed by atoms with Crippen LogP contribution < -0.4 is 0 Å². The normalized spacial score (nSPS) is 11.2. The van der Waals surface area contributed by atoms with E-state index in [0.29, 0.717) is 5.92 Å². The zero-order chi connectivity index (χ0) is 14.1. The predicted octanol–water partition coefficient (Wildman–Crippen LogP) is 3.05. The molecule has 0 saturated heterocycles. The van der Waals surface area contributed by atoms with E-state index in [2.05, 4.69) is 43.0 Å². The molecule has 3 heteroatoms. The summed E-state index contributed by atoms with van der Waals surface area (Å²) >= 11 is 0. The third-order valence-corrected chi connectivity index (χ3v) is 3.05. The van der Waals surface area contributed by atoms with Crippen molar-refractivity contribution in [3.8, 4) is 0 Å². The van der Waals surface area contributed by atoms with Crippen LogP contribution in [0.1, 0.15) is 32.3 Å². The Labute approximate surface area is 116 Å². The van der Waals surface area contributed by atoms with Gasteiger partial charge in [-0.15, -0.1) is 0 Å². The molecule has 0 aromatic heterocycles. The average molecular weight is 263 g/mol. The minimum atomic E-state index is -0.701. The smallest absolute Gasteiger partial charge is 0.303 e. The molecule has 0 fully saturated rings. The summed E-state index contributed by atoms with van der Waals surface area (Å²) in [6.45, 7) is 7.31. The molecule has 0 saturated carbocycles. The molecule has 0 amide bonds. The second-order valence-electron chi connectivity index (χ2n) is 5.43. The molecule has 0 unspecified atom stereocenters. The Hall–Kier alpha value is -1.35. The van der Waals surface area contributed by atoms with E-state index in [1.165, 1.54) is 5.56 Å². The maximum atomic E-state index is 10.6. The third kappa shape index (κ3) is 7.62. The lowest BCUT2D eigenvalue weighted by atomic mass is 10.1. The molecule has 1 N–H and O–H groups in total. The summed E-state index contributed by atoms with van der Waals surface area (Å²) in [6, 6.07) is 10.4. The van der Waals surface area contributed by atoms with Gasteiger partial charge in [0.1, 0.15) is 0 Å². The van der Waals surface area contributed by atoms with Crippen molar-refractivity contribution in [2.45, 2.75) is 33.1 Å². The summed E-state index contributed by atoms with van der Waals surface area (Å²) in [6.07, 6.45) is 2.03. The largest absolute Gasteiger partial charge is 0.481 e. The predicted molar refractivity (Wildman–Crippen MR) is 78.3 cm³/mol. The molecule has 1 rings (SSSR count). The topological polar surface area (TPSA) is 40.5 Å². The fraction of sp³-hybridized carbons (Fsp3) is 0.562. The molecule has 0 spiro atoms. The Bertz CT molecular complexity index is 362. The van der Waals surface area contributed by atoms with Crippen LogP contribution in [-0.2, 0) is 11.2 Å². The molecule has 106 valence electrons. The van der Waals surface area contributed by atoms with Gasteiger partial charge in [-0.1, -0.05) is 44.2 Å². The van der Waals surface area contributed by atoms with E-state index < -0.39 is 5.97 Å². The molecule has 1 aromatic rings. The highest BCUT2D eigenvalue weighted by Gasteiger charge is 2.08. The Morgan fingerprint density at radius 1 is 1.21 bits per heavy atom. The highest BCUT2D eigenvalue weighted by Crippen LogP contribution is 2.06.